The van der Waals surface area contributed by atoms with Gasteiger partial charge in [0.15, 0.2) is 0 Å². The molecule has 0 bridgehead atoms. The Balaban J connectivity index is 0.909. The minimum atomic E-state index is -0.810. The van der Waals surface area contributed by atoms with Gasteiger partial charge in [-0.15, -0.1) is 0 Å². The molecule has 8 rings (SSSR count). The van der Waals surface area contributed by atoms with Crippen molar-refractivity contribution in [3.05, 3.63) is 209 Å². The second kappa shape index (κ2) is 20.0. The first-order valence-corrected chi connectivity index (χ1v) is 21.7. The average Bonchev–Trinajstić information content (AvgIpc) is 3.32. The highest BCUT2D eigenvalue weighted by Gasteiger charge is 2.35. The van der Waals surface area contributed by atoms with Crippen LogP contribution < -0.4 is 23.8 Å². The molecule has 1 fully saturated rings. The molecule has 0 atom stereocenters. The van der Waals surface area contributed by atoms with Crippen molar-refractivity contribution in [3.8, 4) is 23.0 Å². The molecular formula is C57H51NO6. The van der Waals surface area contributed by atoms with Crippen molar-refractivity contribution in [1.82, 2.24) is 0 Å². The molecule has 0 amide bonds. The lowest BCUT2D eigenvalue weighted by Gasteiger charge is -2.38. The van der Waals surface area contributed by atoms with Gasteiger partial charge in [-0.25, -0.2) is 4.79 Å². The van der Waals surface area contributed by atoms with Crippen molar-refractivity contribution in [2.75, 3.05) is 12.0 Å². The van der Waals surface area contributed by atoms with Gasteiger partial charge in [0.05, 0.1) is 7.11 Å². The third-order valence-corrected chi connectivity index (χ3v) is 11.7. The first-order valence-electron chi connectivity index (χ1n) is 21.7. The van der Waals surface area contributed by atoms with Gasteiger partial charge in [0.1, 0.15) is 23.0 Å². The second-order valence-electron chi connectivity index (χ2n) is 16.1. The molecule has 1 saturated carbocycles. The minimum Gasteiger partial charge on any atom is -0.497 e. The van der Waals surface area contributed by atoms with Crippen LogP contribution in [-0.2, 0) is 10.2 Å². The van der Waals surface area contributed by atoms with Crippen LogP contribution in [0.4, 0.5) is 21.9 Å². The summed E-state index contributed by atoms with van der Waals surface area (Å²) in [5, 5.41) is 0. The first kappa shape index (κ1) is 43.0. The molecule has 0 spiro atoms. The zero-order chi connectivity index (χ0) is 44.3. The van der Waals surface area contributed by atoms with Gasteiger partial charge in [-0.05, 0) is 138 Å². The second-order valence-corrected chi connectivity index (χ2v) is 16.1. The fourth-order valence-corrected chi connectivity index (χ4v) is 8.35. The van der Waals surface area contributed by atoms with Crippen LogP contribution in [0, 0.1) is 6.92 Å². The average molecular weight is 846 g/mol. The molecule has 0 aliphatic heterocycles. The zero-order valence-corrected chi connectivity index (χ0v) is 36.4. The lowest BCUT2D eigenvalue weighted by atomic mass is 9.65. The zero-order valence-electron chi connectivity index (χ0n) is 36.4. The van der Waals surface area contributed by atoms with Crippen molar-refractivity contribution < 1.29 is 28.5 Å². The molecule has 1 aliphatic carbocycles. The lowest BCUT2D eigenvalue weighted by Crippen LogP contribution is -2.30. The normalized spacial score (nSPS) is 13.4. The third-order valence-electron chi connectivity index (χ3n) is 11.7. The monoisotopic (exact) mass is 845 g/mol. The maximum Gasteiger partial charge on any atom is 0.519 e. The quantitative estimate of drug-likeness (QED) is 0.0495. The highest BCUT2D eigenvalue weighted by atomic mass is 16.7. The Morgan fingerprint density at radius 2 is 0.922 bits per heavy atom. The van der Waals surface area contributed by atoms with E-state index in [0.717, 1.165) is 76.3 Å². The maximum absolute atomic E-state index is 13.0. The van der Waals surface area contributed by atoms with E-state index in [-0.39, 0.29) is 11.4 Å². The van der Waals surface area contributed by atoms with Crippen LogP contribution in [0.25, 0.3) is 24.3 Å². The summed E-state index contributed by atoms with van der Waals surface area (Å²) in [6, 6.07) is 56.4. The molecule has 7 aromatic rings. The van der Waals surface area contributed by atoms with Gasteiger partial charge in [0.25, 0.3) is 0 Å². The SMILES string of the molecule is COc1ccc(/C=C/c2ccc(N(c3ccc(C)cc3)c3ccc(/C=C/c4cccc(OC(=O)Oc5ccc(C6(c7ccc(OC(C)=O)cc7)CCCCC6)cc5)c4)cc3)cc2)cc1. The van der Waals surface area contributed by atoms with Crippen LogP contribution in [0.3, 0.4) is 0 Å². The van der Waals surface area contributed by atoms with Gasteiger partial charge < -0.3 is 23.8 Å². The summed E-state index contributed by atoms with van der Waals surface area (Å²) in [6.45, 7) is 3.50. The van der Waals surface area contributed by atoms with E-state index in [1.807, 2.05) is 91.0 Å². The summed E-state index contributed by atoms with van der Waals surface area (Å²) in [4.78, 5) is 26.7. The molecule has 320 valence electrons. The molecule has 7 heteroatoms. The number of carbonyl (C=O) groups is 2. The van der Waals surface area contributed by atoms with Gasteiger partial charge in [0.2, 0.25) is 0 Å². The smallest absolute Gasteiger partial charge is 0.497 e. The number of hydrogen-bond donors (Lipinski definition) is 0. The maximum atomic E-state index is 13.0. The van der Waals surface area contributed by atoms with E-state index in [4.69, 9.17) is 18.9 Å². The third kappa shape index (κ3) is 10.7. The summed E-state index contributed by atoms with van der Waals surface area (Å²) in [6.07, 6.45) is 12.9. The first-order chi connectivity index (χ1) is 31.2. The van der Waals surface area contributed by atoms with E-state index in [0.29, 0.717) is 17.2 Å². The highest BCUT2D eigenvalue weighted by molar-refractivity contribution is 5.80. The summed E-state index contributed by atoms with van der Waals surface area (Å²) < 4.78 is 21.8. The predicted octanol–water partition coefficient (Wildman–Crippen LogP) is 14.6. The molecule has 0 N–H and O–H groups in total. The highest BCUT2D eigenvalue weighted by Crippen LogP contribution is 2.45. The molecule has 7 aromatic carbocycles. The molecule has 64 heavy (non-hydrogen) atoms. The summed E-state index contributed by atoms with van der Waals surface area (Å²) in [7, 11) is 1.67. The van der Waals surface area contributed by atoms with E-state index in [1.54, 1.807) is 13.2 Å². The number of esters is 1. The Morgan fingerprint density at radius 3 is 1.42 bits per heavy atom. The molecular weight excluding hydrogens is 795 g/mol. The van der Waals surface area contributed by atoms with Crippen molar-refractivity contribution in [1.29, 1.82) is 0 Å². The van der Waals surface area contributed by atoms with Crippen LogP contribution in [0.1, 0.15) is 78.0 Å². The summed E-state index contributed by atoms with van der Waals surface area (Å²) in [5.74, 6) is 1.82. The van der Waals surface area contributed by atoms with Crippen molar-refractivity contribution in [2.24, 2.45) is 0 Å². The fourth-order valence-electron chi connectivity index (χ4n) is 8.35. The van der Waals surface area contributed by atoms with E-state index in [1.165, 1.54) is 24.5 Å². The van der Waals surface area contributed by atoms with Crippen LogP contribution in [0.2, 0.25) is 0 Å². The predicted molar refractivity (Wildman–Crippen MR) is 258 cm³/mol. The Hall–Kier alpha value is -7.64. The standard InChI is InChI=1S/C57H51NO6/c1-41-10-26-49(27-11-41)58(50-28-16-43(17-29-50)12-13-45-20-32-52(61-3)33-21-45)51-30-18-44(19-31-51)14-15-46-8-7-9-55(40-46)64-56(60)63-54-36-24-48(25-37-54)57(38-5-4-6-39-57)47-22-34-53(35-23-47)62-42(2)59/h7-37,40H,4-6,38-39H2,1-3H3/b13-12+,15-14+. The minimum absolute atomic E-state index is 0.172. The van der Waals surface area contributed by atoms with Crippen LogP contribution in [-0.4, -0.2) is 19.2 Å². The van der Waals surface area contributed by atoms with E-state index in [2.05, 4.69) is 109 Å². The van der Waals surface area contributed by atoms with Gasteiger partial charge in [0, 0.05) is 29.4 Å². The van der Waals surface area contributed by atoms with Gasteiger partial charge >= 0.3 is 12.1 Å². The Bertz CT molecular complexity index is 2710. The number of benzene rings is 7. The van der Waals surface area contributed by atoms with E-state index < -0.39 is 6.16 Å². The topological polar surface area (TPSA) is 74.3 Å². The molecule has 0 radical (unpaired) electrons. The van der Waals surface area contributed by atoms with E-state index in [9.17, 15) is 9.59 Å². The Labute approximate surface area is 375 Å². The molecule has 1 aliphatic rings. The number of carbonyl (C=O) groups excluding carboxylic acids is 2. The van der Waals surface area contributed by atoms with Gasteiger partial charge in [-0.1, -0.05) is 134 Å². The Kier molecular flexibility index (Phi) is 13.5. The number of anilines is 3. The van der Waals surface area contributed by atoms with Crippen LogP contribution >= 0.6 is 0 Å². The fraction of sp³-hybridized carbons (Fsp3) is 0.158. The summed E-state index contributed by atoms with van der Waals surface area (Å²) in [5.41, 5.74) is 10.6. The van der Waals surface area contributed by atoms with Crippen LogP contribution in [0.15, 0.2) is 170 Å². The summed E-state index contributed by atoms with van der Waals surface area (Å²) >= 11 is 0. The number of methoxy groups -OCH3 is 1. The van der Waals surface area contributed by atoms with Crippen molar-refractivity contribution in [2.45, 2.75) is 51.4 Å². The van der Waals surface area contributed by atoms with Gasteiger partial charge in [-0.3, -0.25) is 4.79 Å². The number of hydrogen-bond acceptors (Lipinski definition) is 7. The van der Waals surface area contributed by atoms with Crippen molar-refractivity contribution in [3.63, 3.8) is 0 Å². The van der Waals surface area contributed by atoms with Crippen LogP contribution in [0.5, 0.6) is 23.0 Å². The number of nitrogens with zero attached hydrogens (tertiary/aromatic N) is 1. The van der Waals surface area contributed by atoms with Crippen molar-refractivity contribution >= 4 is 53.5 Å². The lowest BCUT2D eigenvalue weighted by molar-refractivity contribution is -0.131. The largest absolute Gasteiger partial charge is 0.519 e. The molecule has 0 aromatic heterocycles. The molecule has 0 saturated heterocycles. The Morgan fingerprint density at radius 1 is 0.484 bits per heavy atom. The number of aryl methyl sites for hydroxylation is 1. The molecule has 7 nitrogen and oxygen atoms in total. The molecule has 0 unspecified atom stereocenters. The number of rotatable bonds is 13. The number of ether oxygens (including phenoxy) is 4. The van der Waals surface area contributed by atoms with E-state index >= 15 is 0 Å². The van der Waals surface area contributed by atoms with Gasteiger partial charge in [-0.2, -0.15) is 0 Å². The molecule has 0 heterocycles.